The summed E-state index contributed by atoms with van der Waals surface area (Å²) >= 11 is 5.49. The van der Waals surface area contributed by atoms with Crippen molar-refractivity contribution in [3.63, 3.8) is 0 Å². The van der Waals surface area contributed by atoms with Crippen molar-refractivity contribution in [3.8, 4) is 0 Å². The SMILES string of the molecule is O=C(CCl)N1CCN([C@H]2CS(=O)(=O)C[C@@H]2O)CC1. The molecule has 0 aromatic rings. The molecular weight excluding hydrogens is 280 g/mol. The van der Waals surface area contributed by atoms with Crippen molar-refractivity contribution in [2.24, 2.45) is 0 Å². The van der Waals surface area contributed by atoms with Gasteiger partial charge in [-0.25, -0.2) is 8.42 Å². The van der Waals surface area contributed by atoms with Gasteiger partial charge in [-0.2, -0.15) is 0 Å². The summed E-state index contributed by atoms with van der Waals surface area (Å²) in [5.41, 5.74) is 0. The lowest BCUT2D eigenvalue weighted by atomic mass is 10.1. The van der Waals surface area contributed by atoms with Crippen molar-refractivity contribution in [3.05, 3.63) is 0 Å². The molecule has 1 amide bonds. The van der Waals surface area contributed by atoms with Crippen LogP contribution in [0, 0.1) is 0 Å². The lowest BCUT2D eigenvalue weighted by Crippen LogP contribution is -2.55. The monoisotopic (exact) mass is 296 g/mol. The van der Waals surface area contributed by atoms with E-state index in [0.29, 0.717) is 26.2 Å². The highest BCUT2D eigenvalue weighted by Gasteiger charge is 2.40. The van der Waals surface area contributed by atoms with Crippen molar-refractivity contribution < 1.29 is 18.3 Å². The Morgan fingerprint density at radius 3 is 2.28 bits per heavy atom. The second-order valence-corrected chi connectivity index (χ2v) is 7.18. The number of rotatable bonds is 2. The maximum Gasteiger partial charge on any atom is 0.237 e. The Morgan fingerprint density at radius 2 is 1.83 bits per heavy atom. The Morgan fingerprint density at radius 1 is 1.22 bits per heavy atom. The Hall–Kier alpha value is -0.370. The Kier molecular flexibility index (Phi) is 4.15. The first-order chi connectivity index (χ1) is 8.43. The summed E-state index contributed by atoms with van der Waals surface area (Å²) in [6.07, 6.45) is -0.815. The Bertz CT molecular complexity index is 420. The molecular formula is C10H17ClN2O4S. The van der Waals surface area contributed by atoms with E-state index >= 15 is 0 Å². The smallest absolute Gasteiger partial charge is 0.237 e. The van der Waals surface area contributed by atoms with Crippen LogP contribution in [0.3, 0.4) is 0 Å². The maximum atomic E-state index is 11.4. The van der Waals surface area contributed by atoms with E-state index in [2.05, 4.69) is 0 Å². The molecule has 18 heavy (non-hydrogen) atoms. The molecule has 2 atom stereocenters. The standard InChI is InChI=1S/C10H17ClN2O4S/c11-5-10(15)13-3-1-12(2-4-13)8-6-18(16,17)7-9(8)14/h8-9,14H,1-7H2/t8-,9-/m0/s1. The minimum atomic E-state index is -3.12. The zero-order chi connectivity index (χ0) is 13.3. The van der Waals surface area contributed by atoms with Gasteiger partial charge < -0.3 is 10.0 Å². The topological polar surface area (TPSA) is 77.9 Å². The number of piperazine rings is 1. The number of halogens is 1. The minimum Gasteiger partial charge on any atom is -0.390 e. The molecule has 2 aliphatic heterocycles. The number of amides is 1. The highest BCUT2D eigenvalue weighted by atomic mass is 35.5. The summed E-state index contributed by atoms with van der Waals surface area (Å²) in [7, 11) is -3.12. The van der Waals surface area contributed by atoms with E-state index < -0.39 is 15.9 Å². The van der Waals surface area contributed by atoms with Gasteiger partial charge in [0.2, 0.25) is 5.91 Å². The van der Waals surface area contributed by atoms with Gasteiger partial charge in [0, 0.05) is 26.2 Å². The van der Waals surface area contributed by atoms with Gasteiger partial charge in [-0.05, 0) is 0 Å². The van der Waals surface area contributed by atoms with E-state index in [1.54, 1.807) is 4.90 Å². The van der Waals surface area contributed by atoms with Crippen LogP contribution in [-0.4, -0.2) is 84.9 Å². The number of nitrogens with zero attached hydrogens (tertiary/aromatic N) is 2. The summed E-state index contributed by atoms with van der Waals surface area (Å²) < 4.78 is 22.9. The highest BCUT2D eigenvalue weighted by Crippen LogP contribution is 2.20. The molecule has 2 aliphatic rings. The first-order valence-corrected chi connectivity index (χ1v) is 8.25. The molecule has 2 heterocycles. The molecule has 2 fully saturated rings. The molecule has 2 rings (SSSR count). The molecule has 0 spiro atoms. The van der Waals surface area contributed by atoms with Gasteiger partial charge in [-0.3, -0.25) is 9.69 Å². The fourth-order valence-electron chi connectivity index (χ4n) is 2.55. The van der Waals surface area contributed by atoms with E-state index in [-0.39, 0.29) is 29.3 Å². The number of aliphatic hydroxyl groups is 1. The van der Waals surface area contributed by atoms with Crippen molar-refractivity contribution >= 4 is 27.3 Å². The van der Waals surface area contributed by atoms with Crippen LogP contribution in [0.2, 0.25) is 0 Å². The maximum absolute atomic E-state index is 11.4. The van der Waals surface area contributed by atoms with Crippen LogP contribution >= 0.6 is 11.6 Å². The number of sulfone groups is 1. The average Bonchev–Trinajstić information content (AvgIpc) is 2.62. The van der Waals surface area contributed by atoms with E-state index in [9.17, 15) is 18.3 Å². The molecule has 6 nitrogen and oxygen atoms in total. The van der Waals surface area contributed by atoms with Gasteiger partial charge >= 0.3 is 0 Å². The lowest BCUT2D eigenvalue weighted by Gasteiger charge is -2.38. The van der Waals surface area contributed by atoms with Crippen LogP contribution in [0.25, 0.3) is 0 Å². The first kappa shape index (κ1) is 14.0. The van der Waals surface area contributed by atoms with Crippen molar-refractivity contribution in [2.75, 3.05) is 43.6 Å². The zero-order valence-corrected chi connectivity index (χ0v) is 11.5. The summed E-state index contributed by atoms with van der Waals surface area (Å²) in [5, 5.41) is 9.78. The van der Waals surface area contributed by atoms with Gasteiger partial charge in [-0.15, -0.1) is 11.6 Å². The molecule has 8 heteroatoms. The fourth-order valence-corrected chi connectivity index (χ4v) is 4.55. The fraction of sp³-hybridized carbons (Fsp3) is 0.900. The molecule has 0 aromatic carbocycles. The van der Waals surface area contributed by atoms with E-state index in [1.807, 2.05) is 4.90 Å². The Balaban J connectivity index is 1.92. The molecule has 104 valence electrons. The van der Waals surface area contributed by atoms with Crippen molar-refractivity contribution in [2.45, 2.75) is 12.1 Å². The number of aliphatic hydroxyl groups excluding tert-OH is 1. The highest BCUT2D eigenvalue weighted by molar-refractivity contribution is 7.91. The number of alkyl halides is 1. The molecule has 2 saturated heterocycles. The average molecular weight is 297 g/mol. The lowest BCUT2D eigenvalue weighted by molar-refractivity contribution is -0.130. The van der Waals surface area contributed by atoms with Gasteiger partial charge in [0.05, 0.1) is 23.7 Å². The predicted molar refractivity (Wildman–Crippen MR) is 67.3 cm³/mol. The van der Waals surface area contributed by atoms with Crippen LogP contribution in [0.4, 0.5) is 0 Å². The number of hydrogen-bond donors (Lipinski definition) is 1. The van der Waals surface area contributed by atoms with Crippen molar-refractivity contribution in [1.82, 2.24) is 9.80 Å². The molecule has 0 aliphatic carbocycles. The van der Waals surface area contributed by atoms with Crippen LogP contribution in [0.1, 0.15) is 0 Å². The third-order valence-corrected chi connectivity index (χ3v) is 5.47. The first-order valence-electron chi connectivity index (χ1n) is 5.89. The molecule has 0 unspecified atom stereocenters. The van der Waals surface area contributed by atoms with Gasteiger partial charge in [0.15, 0.2) is 9.84 Å². The number of carbonyl (C=O) groups is 1. The molecule has 0 aromatic heterocycles. The predicted octanol–water partition coefficient (Wildman–Crippen LogP) is -1.47. The van der Waals surface area contributed by atoms with E-state index in [0.717, 1.165) is 0 Å². The second kappa shape index (κ2) is 5.32. The number of carbonyl (C=O) groups excluding carboxylic acids is 1. The van der Waals surface area contributed by atoms with Crippen LogP contribution < -0.4 is 0 Å². The zero-order valence-electron chi connectivity index (χ0n) is 9.96. The van der Waals surface area contributed by atoms with Crippen LogP contribution in [0.5, 0.6) is 0 Å². The van der Waals surface area contributed by atoms with E-state index in [4.69, 9.17) is 11.6 Å². The van der Waals surface area contributed by atoms with Gasteiger partial charge in [0.1, 0.15) is 5.88 Å². The third-order valence-electron chi connectivity index (χ3n) is 3.54. The summed E-state index contributed by atoms with van der Waals surface area (Å²) in [4.78, 5) is 15.0. The quantitative estimate of drug-likeness (QED) is 0.629. The molecule has 0 bridgehead atoms. The normalized spacial score (nSPS) is 32.7. The molecule has 0 saturated carbocycles. The molecule has 1 N–H and O–H groups in total. The Labute approximate surface area is 111 Å². The molecule has 0 radical (unpaired) electrons. The number of hydrogen-bond acceptors (Lipinski definition) is 5. The largest absolute Gasteiger partial charge is 0.390 e. The van der Waals surface area contributed by atoms with Gasteiger partial charge in [-0.1, -0.05) is 0 Å². The second-order valence-electron chi connectivity index (χ2n) is 4.76. The summed E-state index contributed by atoms with van der Waals surface area (Å²) in [6, 6.07) is -0.330. The third kappa shape index (κ3) is 2.96. The summed E-state index contributed by atoms with van der Waals surface area (Å²) in [5.74, 6) is -0.271. The van der Waals surface area contributed by atoms with Gasteiger partial charge in [0.25, 0.3) is 0 Å². The van der Waals surface area contributed by atoms with E-state index in [1.165, 1.54) is 0 Å². The van der Waals surface area contributed by atoms with Crippen LogP contribution in [0.15, 0.2) is 0 Å². The summed E-state index contributed by atoms with van der Waals surface area (Å²) in [6.45, 7) is 2.24. The van der Waals surface area contributed by atoms with Crippen LogP contribution in [-0.2, 0) is 14.6 Å². The van der Waals surface area contributed by atoms with Crippen molar-refractivity contribution in [1.29, 1.82) is 0 Å². The minimum absolute atomic E-state index is 0.0115.